The van der Waals surface area contributed by atoms with Crippen LogP contribution in [-0.4, -0.2) is 5.11 Å². The number of hydrogen-bond donors (Lipinski definition) is 1. The summed E-state index contributed by atoms with van der Waals surface area (Å²) in [5, 5.41) is 9.75. The van der Waals surface area contributed by atoms with Gasteiger partial charge in [0.15, 0.2) is 0 Å². The van der Waals surface area contributed by atoms with Crippen LogP contribution in [0.5, 0.6) is 0 Å². The third-order valence-corrected chi connectivity index (χ3v) is 2.27. The molecule has 0 spiro atoms. The molecule has 13 heavy (non-hydrogen) atoms. The van der Waals surface area contributed by atoms with Crippen LogP contribution in [0.2, 0.25) is 10.0 Å². The van der Waals surface area contributed by atoms with Crippen LogP contribution in [0.3, 0.4) is 0 Å². The Morgan fingerprint density at radius 2 is 1.77 bits per heavy atom. The summed E-state index contributed by atoms with van der Waals surface area (Å²) in [6, 6.07) is 2.43. The Morgan fingerprint density at radius 3 is 2.23 bits per heavy atom. The molecule has 0 aliphatic carbocycles. The Kier molecular flexibility index (Phi) is 2.85. The highest BCUT2D eigenvalue weighted by Gasteiger charge is 2.21. The summed E-state index contributed by atoms with van der Waals surface area (Å²) >= 11 is 11.3. The maximum Gasteiger partial charge on any atom is 0.143 e. The molecule has 72 valence electrons. The van der Waals surface area contributed by atoms with E-state index in [0.717, 1.165) is 6.07 Å². The van der Waals surface area contributed by atoms with Crippen LogP contribution in [0.4, 0.5) is 4.39 Å². The zero-order valence-electron chi connectivity index (χ0n) is 7.24. The molecule has 1 aromatic carbocycles. The maximum absolute atomic E-state index is 12.8. The molecule has 0 radical (unpaired) electrons. The molecular formula is C9H9Cl2FO. The molecule has 1 aromatic rings. The molecule has 0 heterocycles. The fourth-order valence-corrected chi connectivity index (χ4v) is 1.54. The van der Waals surface area contributed by atoms with E-state index < -0.39 is 11.4 Å². The van der Waals surface area contributed by atoms with Crippen molar-refractivity contribution < 1.29 is 9.50 Å². The largest absolute Gasteiger partial charge is 0.386 e. The fourth-order valence-electron chi connectivity index (χ4n) is 0.991. The molecule has 0 fully saturated rings. The van der Waals surface area contributed by atoms with E-state index >= 15 is 0 Å². The van der Waals surface area contributed by atoms with Gasteiger partial charge in [-0.05, 0) is 26.0 Å². The summed E-state index contributed by atoms with van der Waals surface area (Å²) in [5.74, 6) is -0.584. The van der Waals surface area contributed by atoms with Gasteiger partial charge in [0.25, 0.3) is 0 Å². The number of benzene rings is 1. The maximum atomic E-state index is 12.8. The highest BCUT2D eigenvalue weighted by atomic mass is 35.5. The number of aliphatic hydroxyl groups is 1. The average Bonchev–Trinajstić information content (AvgIpc) is 1.94. The highest BCUT2D eigenvalue weighted by Crippen LogP contribution is 2.31. The van der Waals surface area contributed by atoms with Crippen LogP contribution < -0.4 is 0 Å². The van der Waals surface area contributed by atoms with E-state index in [1.807, 2.05) is 0 Å². The molecule has 1 rings (SSSR count). The molecule has 0 aliphatic rings. The molecule has 0 bridgehead atoms. The van der Waals surface area contributed by atoms with Crippen LogP contribution in [0.1, 0.15) is 19.4 Å². The summed E-state index contributed by atoms with van der Waals surface area (Å²) in [6.07, 6.45) is 0. The highest BCUT2D eigenvalue weighted by molar-refractivity contribution is 6.33. The molecule has 0 saturated heterocycles. The number of rotatable bonds is 1. The van der Waals surface area contributed by atoms with Crippen molar-refractivity contribution in [2.75, 3.05) is 0 Å². The van der Waals surface area contributed by atoms with Crippen molar-refractivity contribution in [3.05, 3.63) is 33.6 Å². The molecule has 0 saturated carbocycles. The van der Waals surface area contributed by atoms with Crippen LogP contribution in [0.15, 0.2) is 12.1 Å². The minimum atomic E-state index is -1.12. The first-order valence-electron chi connectivity index (χ1n) is 3.70. The lowest BCUT2D eigenvalue weighted by molar-refractivity contribution is 0.0786. The van der Waals surface area contributed by atoms with Crippen molar-refractivity contribution in [3.63, 3.8) is 0 Å². The first-order chi connectivity index (χ1) is 5.82. The van der Waals surface area contributed by atoms with Gasteiger partial charge in [0, 0.05) is 10.6 Å². The lowest BCUT2D eigenvalue weighted by Crippen LogP contribution is -2.16. The van der Waals surface area contributed by atoms with E-state index in [9.17, 15) is 9.50 Å². The summed E-state index contributed by atoms with van der Waals surface area (Å²) in [6.45, 7) is 3.12. The quantitative estimate of drug-likeness (QED) is 0.723. The van der Waals surface area contributed by atoms with Gasteiger partial charge >= 0.3 is 0 Å². The van der Waals surface area contributed by atoms with Gasteiger partial charge in [-0.3, -0.25) is 0 Å². The second kappa shape index (κ2) is 3.45. The minimum absolute atomic E-state index is 0.0403. The Bertz CT molecular complexity index is 331. The Balaban J connectivity index is 3.32. The molecule has 0 aromatic heterocycles. The van der Waals surface area contributed by atoms with Crippen LogP contribution in [0.25, 0.3) is 0 Å². The SMILES string of the molecule is CC(C)(O)c1cc(Cl)c(F)cc1Cl. The van der Waals surface area contributed by atoms with Gasteiger partial charge in [0.05, 0.1) is 10.6 Å². The van der Waals surface area contributed by atoms with Crippen molar-refractivity contribution in [1.29, 1.82) is 0 Å². The van der Waals surface area contributed by atoms with E-state index in [0.29, 0.717) is 5.56 Å². The van der Waals surface area contributed by atoms with Gasteiger partial charge in [0.2, 0.25) is 0 Å². The van der Waals surface area contributed by atoms with Gasteiger partial charge in [-0.2, -0.15) is 0 Å². The van der Waals surface area contributed by atoms with Crippen molar-refractivity contribution in [3.8, 4) is 0 Å². The monoisotopic (exact) mass is 222 g/mol. The molecule has 0 unspecified atom stereocenters. The van der Waals surface area contributed by atoms with E-state index in [1.54, 1.807) is 13.8 Å². The lowest BCUT2D eigenvalue weighted by atomic mass is 9.98. The molecule has 0 amide bonds. The second-order valence-corrected chi connectivity index (χ2v) is 4.12. The van der Waals surface area contributed by atoms with E-state index in [2.05, 4.69) is 0 Å². The second-order valence-electron chi connectivity index (χ2n) is 3.31. The van der Waals surface area contributed by atoms with E-state index in [-0.39, 0.29) is 10.0 Å². The van der Waals surface area contributed by atoms with Crippen LogP contribution in [-0.2, 0) is 5.60 Å². The van der Waals surface area contributed by atoms with Crippen molar-refractivity contribution >= 4 is 23.2 Å². The predicted molar refractivity (Wildman–Crippen MR) is 51.7 cm³/mol. The third kappa shape index (κ3) is 2.33. The average molecular weight is 223 g/mol. The van der Waals surface area contributed by atoms with Gasteiger partial charge in [0.1, 0.15) is 5.82 Å². The van der Waals surface area contributed by atoms with Crippen molar-refractivity contribution in [2.24, 2.45) is 0 Å². The van der Waals surface area contributed by atoms with Crippen molar-refractivity contribution in [1.82, 2.24) is 0 Å². The number of hydrogen-bond acceptors (Lipinski definition) is 1. The first-order valence-corrected chi connectivity index (χ1v) is 4.45. The minimum Gasteiger partial charge on any atom is -0.386 e. The normalized spacial score (nSPS) is 11.8. The van der Waals surface area contributed by atoms with Gasteiger partial charge in [-0.1, -0.05) is 23.2 Å². The topological polar surface area (TPSA) is 20.2 Å². The zero-order valence-corrected chi connectivity index (χ0v) is 8.75. The Labute approximate surface area is 86.1 Å². The van der Waals surface area contributed by atoms with Gasteiger partial charge < -0.3 is 5.11 Å². The standard InChI is InChI=1S/C9H9Cl2FO/c1-9(2,13)5-3-7(11)8(12)4-6(5)10/h3-4,13H,1-2H3. The molecule has 0 aliphatic heterocycles. The van der Waals surface area contributed by atoms with Crippen molar-refractivity contribution in [2.45, 2.75) is 19.4 Å². The summed E-state index contributed by atoms with van der Waals surface area (Å²) in [5.41, 5.74) is -0.699. The molecule has 0 atom stereocenters. The van der Waals surface area contributed by atoms with Crippen LogP contribution >= 0.6 is 23.2 Å². The lowest BCUT2D eigenvalue weighted by Gasteiger charge is -2.19. The predicted octanol–water partition coefficient (Wildman–Crippen LogP) is 3.36. The van der Waals surface area contributed by atoms with Gasteiger partial charge in [-0.25, -0.2) is 4.39 Å². The van der Waals surface area contributed by atoms with Crippen LogP contribution in [0, 0.1) is 5.82 Å². The number of halogens is 3. The molecule has 1 nitrogen and oxygen atoms in total. The zero-order chi connectivity index (χ0) is 10.2. The van der Waals surface area contributed by atoms with E-state index in [1.165, 1.54) is 6.07 Å². The molecule has 1 N–H and O–H groups in total. The molecular weight excluding hydrogens is 214 g/mol. The summed E-state index contributed by atoms with van der Waals surface area (Å²) < 4.78 is 12.8. The summed E-state index contributed by atoms with van der Waals surface area (Å²) in [4.78, 5) is 0. The third-order valence-electron chi connectivity index (χ3n) is 1.67. The van der Waals surface area contributed by atoms with E-state index in [4.69, 9.17) is 23.2 Å². The fraction of sp³-hybridized carbons (Fsp3) is 0.333. The summed E-state index contributed by atoms with van der Waals surface area (Å²) in [7, 11) is 0. The molecule has 4 heteroatoms. The Hall–Kier alpha value is -0.310. The first kappa shape index (κ1) is 10.8. The Morgan fingerprint density at radius 1 is 1.23 bits per heavy atom. The van der Waals surface area contributed by atoms with Gasteiger partial charge in [-0.15, -0.1) is 0 Å². The smallest absolute Gasteiger partial charge is 0.143 e.